The number of aliphatic hydroxyl groups excluding tert-OH is 1. The van der Waals surface area contributed by atoms with E-state index in [1.165, 1.54) is 42.6 Å². The number of rotatable bonds is 7. The van der Waals surface area contributed by atoms with E-state index in [0.717, 1.165) is 17.0 Å². The highest BCUT2D eigenvalue weighted by atomic mass is 35.5. The Kier molecular flexibility index (Phi) is 8.63. The van der Waals surface area contributed by atoms with Gasteiger partial charge in [0.2, 0.25) is 11.8 Å². The number of pyridine rings is 1. The summed E-state index contributed by atoms with van der Waals surface area (Å²) in [5.74, 6) is -8.15. The molecule has 1 aromatic heterocycles. The molecule has 0 radical (unpaired) electrons. The fourth-order valence-corrected chi connectivity index (χ4v) is 6.16. The molecule has 1 saturated heterocycles. The molecule has 2 fully saturated rings. The first-order valence-corrected chi connectivity index (χ1v) is 14.2. The Labute approximate surface area is 255 Å². The van der Waals surface area contributed by atoms with E-state index in [9.17, 15) is 37.9 Å². The van der Waals surface area contributed by atoms with Crippen LogP contribution in [0.5, 0.6) is 0 Å². The van der Waals surface area contributed by atoms with E-state index < -0.39 is 72.3 Å². The van der Waals surface area contributed by atoms with Gasteiger partial charge in [0.1, 0.15) is 23.3 Å². The number of halogens is 4. The zero-order valence-corrected chi connectivity index (χ0v) is 23.9. The number of nitrogens with zero attached hydrogens (tertiary/aromatic N) is 3. The third kappa shape index (κ3) is 5.98. The van der Waals surface area contributed by atoms with Crippen LogP contribution in [-0.2, 0) is 14.4 Å². The molecule has 5 rings (SSSR count). The summed E-state index contributed by atoms with van der Waals surface area (Å²) >= 11 is 6.60. The van der Waals surface area contributed by atoms with Crippen LogP contribution in [0.2, 0.25) is 5.02 Å². The van der Waals surface area contributed by atoms with E-state index in [4.69, 9.17) is 11.6 Å². The Bertz CT molecular complexity index is 1640. The minimum Gasteiger partial charge on any atom is -0.383 e. The van der Waals surface area contributed by atoms with Gasteiger partial charge in [0, 0.05) is 42.2 Å². The number of nitrogens with one attached hydrogen (secondary N) is 2. The Morgan fingerprint density at radius 1 is 1.11 bits per heavy atom. The summed E-state index contributed by atoms with van der Waals surface area (Å²) in [6.45, 7) is 0. The lowest BCUT2D eigenvalue weighted by atomic mass is 9.74. The van der Waals surface area contributed by atoms with Crippen molar-refractivity contribution in [2.45, 2.75) is 61.6 Å². The van der Waals surface area contributed by atoms with Crippen molar-refractivity contribution in [2.24, 2.45) is 0 Å². The molecule has 1 aliphatic carbocycles. The lowest BCUT2D eigenvalue weighted by Crippen LogP contribution is -2.62. The van der Waals surface area contributed by atoms with Gasteiger partial charge in [-0.25, -0.2) is 18.2 Å². The molecule has 3 amide bonds. The largest absolute Gasteiger partial charge is 0.383 e. The van der Waals surface area contributed by atoms with Crippen molar-refractivity contribution < 1.29 is 32.7 Å². The first-order chi connectivity index (χ1) is 20.9. The number of anilines is 2. The number of carbonyl (C=O) groups excluding carboxylic acids is 3. The number of carbonyl (C=O) groups is 3. The number of alkyl halides is 2. The number of aromatic nitrogens is 1. The fraction of sp³-hybridized carbons (Fsp3) is 0.323. The minimum atomic E-state index is -2.87. The molecule has 3 aromatic rings. The van der Waals surface area contributed by atoms with Crippen molar-refractivity contribution in [3.8, 4) is 6.07 Å². The van der Waals surface area contributed by atoms with Crippen molar-refractivity contribution >= 4 is 40.8 Å². The molecule has 13 heteroatoms. The number of hydrogen-bond donors (Lipinski definition) is 3. The normalized spacial score (nSPS) is 22.2. The van der Waals surface area contributed by atoms with E-state index in [0.29, 0.717) is 0 Å². The average Bonchev–Trinajstić information content (AvgIpc) is 3.25. The lowest BCUT2D eigenvalue weighted by Gasteiger charge is -2.42. The second-order valence-corrected chi connectivity index (χ2v) is 11.3. The molecule has 3 N–H and O–H groups in total. The first-order valence-electron chi connectivity index (χ1n) is 13.8. The maximum atomic E-state index is 14.5. The topological polar surface area (TPSA) is 135 Å². The number of nitriles is 1. The van der Waals surface area contributed by atoms with E-state index in [1.807, 2.05) is 6.07 Å². The van der Waals surface area contributed by atoms with Gasteiger partial charge >= 0.3 is 0 Å². The van der Waals surface area contributed by atoms with Crippen LogP contribution in [0.25, 0.3) is 0 Å². The molecule has 3 atom stereocenters. The molecule has 1 saturated carbocycles. The third-order valence-corrected chi connectivity index (χ3v) is 8.35. The summed E-state index contributed by atoms with van der Waals surface area (Å²) in [5, 5.41) is 25.9. The van der Waals surface area contributed by atoms with Crippen molar-refractivity contribution in [2.75, 3.05) is 10.2 Å². The number of benzene rings is 2. The molecule has 2 aromatic carbocycles. The second-order valence-electron chi connectivity index (χ2n) is 10.9. The Balaban J connectivity index is 1.70. The predicted octanol–water partition coefficient (Wildman–Crippen LogP) is 4.70. The lowest BCUT2D eigenvalue weighted by molar-refractivity contribution is -0.132. The van der Waals surface area contributed by atoms with Gasteiger partial charge in [0.05, 0.1) is 17.6 Å². The van der Waals surface area contributed by atoms with E-state index in [2.05, 4.69) is 15.6 Å². The highest BCUT2D eigenvalue weighted by molar-refractivity contribution is 6.32. The van der Waals surface area contributed by atoms with Crippen LogP contribution in [0.1, 0.15) is 49.1 Å². The van der Waals surface area contributed by atoms with Gasteiger partial charge in [-0.15, -0.1) is 0 Å². The van der Waals surface area contributed by atoms with Crippen LogP contribution in [0.3, 0.4) is 0 Å². The van der Waals surface area contributed by atoms with Crippen molar-refractivity contribution in [3.63, 3.8) is 0 Å². The average molecular weight is 626 g/mol. The van der Waals surface area contributed by atoms with Crippen LogP contribution >= 0.6 is 11.6 Å². The molecular weight excluding hydrogens is 599 g/mol. The number of amides is 3. The highest BCUT2D eigenvalue weighted by Gasteiger charge is 2.63. The van der Waals surface area contributed by atoms with Crippen molar-refractivity contribution in [3.05, 3.63) is 88.8 Å². The summed E-state index contributed by atoms with van der Waals surface area (Å²) in [7, 11) is 0. The highest BCUT2D eigenvalue weighted by Crippen LogP contribution is 2.47. The van der Waals surface area contributed by atoms with Crippen LogP contribution in [0.15, 0.2) is 66.9 Å². The maximum absolute atomic E-state index is 14.5. The minimum absolute atomic E-state index is 0.00488. The molecule has 9 nitrogen and oxygen atoms in total. The van der Waals surface area contributed by atoms with Gasteiger partial charge in [-0.05, 0) is 54.8 Å². The van der Waals surface area contributed by atoms with Gasteiger partial charge in [0.15, 0.2) is 0 Å². The third-order valence-electron chi connectivity index (χ3n) is 8.01. The second kappa shape index (κ2) is 12.3. The van der Waals surface area contributed by atoms with E-state index >= 15 is 0 Å². The van der Waals surface area contributed by atoms with Crippen LogP contribution in [-0.4, -0.2) is 51.4 Å². The van der Waals surface area contributed by atoms with Gasteiger partial charge < -0.3 is 15.7 Å². The summed E-state index contributed by atoms with van der Waals surface area (Å²) in [5.41, 5.74) is -2.11. The van der Waals surface area contributed by atoms with Crippen molar-refractivity contribution in [1.29, 1.82) is 5.26 Å². The van der Waals surface area contributed by atoms with Gasteiger partial charge in [-0.2, -0.15) is 5.26 Å². The Hall–Kier alpha value is -4.47. The zero-order valence-electron chi connectivity index (χ0n) is 23.1. The number of hydrogen-bond acceptors (Lipinski definition) is 6. The van der Waals surface area contributed by atoms with E-state index in [-0.39, 0.29) is 40.5 Å². The van der Waals surface area contributed by atoms with Crippen LogP contribution in [0.4, 0.5) is 24.7 Å². The molecule has 1 aliphatic heterocycles. The Morgan fingerprint density at radius 2 is 1.84 bits per heavy atom. The molecule has 2 aliphatic rings. The smallest absolute Gasteiger partial charge is 0.258 e. The van der Waals surface area contributed by atoms with E-state index in [1.54, 1.807) is 12.1 Å². The van der Waals surface area contributed by atoms with Crippen LogP contribution < -0.4 is 15.5 Å². The monoisotopic (exact) mass is 625 g/mol. The summed E-state index contributed by atoms with van der Waals surface area (Å²) in [6, 6.07) is 14.9. The SMILES string of the molecule is N#Cc1ccnc(N2C(=O)C(O)CC2(C(=O)Nc2cccc(F)c2)[C@@H](C(=O)NC2CCC(F)(F)CC2)c2ccccc2Cl)c1. The maximum Gasteiger partial charge on any atom is 0.258 e. The summed E-state index contributed by atoms with van der Waals surface area (Å²) in [6.07, 6.45) is -2.17. The van der Waals surface area contributed by atoms with Gasteiger partial charge in [-0.1, -0.05) is 35.9 Å². The van der Waals surface area contributed by atoms with Crippen LogP contribution in [0, 0.1) is 17.1 Å². The van der Waals surface area contributed by atoms with Gasteiger partial charge in [0.25, 0.3) is 11.8 Å². The zero-order chi connectivity index (χ0) is 31.6. The fourth-order valence-electron chi connectivity index (χ4n) is 5.92. The molecule has 2 heterocycles. The summed E-state index contributed by atoms with van der Waals surface area (Å²) in [4.78, 5) is 47.7. The molecule has 2 unspecified atom stereocenters. The Morgan fingerprint density at radius 3 is 2.52 bits per heavy atom. The number of aliphatic hydroxyl groups is 1. The quantitative estimate of drug-likeness (QED) is 0.348. The first kappa shape index (κ1) is 31.0. The molecule has 44 heavy (non-hydrogen) atoms. The van der Waals surface area contributed by atoms with Gasteiger partial charge in [-0.3, -0.25) is 19.3 Å². The molecule has 228 valence electrons. The predicted molar refractivity (Wildman–Crippen MR) is 154 cm³/mol. The molecule has 0 bridgehead atoms. The van der Waals surface area contributed by atoms with Crippen molar-refractivity contribution in [1.82, 2.24) is 10.3 Å². The summed E-state index contributed by atoms with van der Waals surface area (Å²) < 4.78 is 42.0. The molecular formula is C31H27ClF3N5O4. The standard InChI is InChI=1S/C31H27ClF3N5O4/c32-23-7-2-1-6-22(23)26(27(42)38-20-8-11-30(34,35)12-9-20)31(29(44)39-21-5-3-4-19(33)15-21)16-24(41)28(43)40(31)25-14-18(17-36)10-13-37-25/h1-7,10,13-15,20,24,26,41H,8-9,11-12,16H2,(H,38,42)(H,39,44)/t24?,26-,31?/m1/s1. The molecule has 0 spiro atoms.